The van der Waals surface area contributed by atoms with Gasteiger partial charge in [0, 0.05) is 43.8 Å². The number of ether oxygens (including phenoxy) is 1. The van der Waals surface area contributed by atoms with E-state index in [1.54, 1.807) is 32.1 Å². The summed E-state index contributed by atoms with van der Waals surface area (Å²) in [5.41, 5.74) is 2.19. The zero-order valence-electron chi connectivity index (χ0n) is 19.9. The fourth-order valence-electron chi connectivity index (χ4n) is 4.23. The maximum absolute atomic E-state index is 13.3. The minimum atomic E-state index is -0.317. The lowest BCUT2D eigenvalue weighted by atomic mass is 10.0. The molecule has 0 N–H and O–H groups in total. The van der Waals surface area contributed by atoms with Crippen LogP contribution in [0.1, 0.15) is 22.3 Å². The van der Waals surface area contributed by atoms with Crippen LogP contribution in [-0.4, -0.2) is 57.9 Å². The van der Waals surface area contributed by atoms with Crippen molar-refractivity contribution in [3.05, 3.63) is 61.8 Å². The second kappa shape index (κ2) is 10.9. The van der Waals surface area contributed by atoms with E-state index in [1.807, 2.05) is 36.0 Å². The van der Waals surface area contributed by atoms with Gasteiger partial charge in [0.15, 0.2) is 0 Å². The van der Waals surface area contributed by atoms with Crippen LogP contribution >= 0.6 is 35.7 Å². The molecule has 2 aliphatic heterocycles. The number of thioether (sulfide) groups is 2. The molecule has 4 rings (SSSR count). The standard InChI is InChI=1S/C25H26N4O3S3/c1-16-19(22(28-10-12-34-13-11-28)27(2)23(30)20(16)15-26)14-21-24(31)29(25(33)35-21)9-8-17-4-6-18(32-3)7-5-17/h4-7,14H,8-13H2,1-3H3/b21-14-. The predicted molar refractivity (Wildman–Crippen MR) is 147 cm³/mol. The first-order chi connectivity index (χ1) is 16.8. The molecule has 0 atom stereocenters. The van der Waals surface area contributed by atoms with Crippen LogP contribution < -0.4 is 15.2 Å². The van der Waals surface area contributed by atoms with Gasteiger partial charge in [-0.1, -0.05) is 36.1 Å². The van der Waals surface area contributed by atoms with Gasteiger partial charge in [0.2, 0.25) is 0 Å². The Morgan fingerprint density at radius 3 is 2.51 bits per heavy atom. The normalized spacial score (nSPS) is 17.3. The van der Waals surface area contributed by atoms with Gasteiger partial charge < -0.3 is 9.64 Å². The van der Waals surface area contributed by atoms with Crippen LogP contribution in [0.25, 0.3) is 6.08 Å². The average molecular weight is 527 g/mol. The van der Waals surface area contributed by atoms with Crippen molar-refractivity contribution in [2.45, 2.75) is 13.3 Å². The number of carbonyl (C=O) groups is 1. The van der Waals surface area contributed by atoms with Gasteiger partial charge in [-0.3, -0.25) is 19.1 Å². The molecule has 2 saturated heterocycles. The molecule has 0 spiro atoms. The Balaban J connectivity index is 1.66. The summed E-state index contributed by atoms with van der Waals surface area (Å²) in [5.74, 6) is 3.30. The molecule has 2 aliphatic rings. The molecule has 0 aliphatic carbocycles. The van der Waals surface area contributed by atoms with E-state index in [-0.39, 0.29) is 17.0 Å². The first kappa shape index (κ1) is 25.4. The smallest absolute Gasteiger partial charge is 0.270 e. The molecule has 0 radical (unpaired) electrons. The fraction of sp³-hybridized carbons (Fsp3) is 0.360. The monoisotopic (exact) mass is 526 g/mol. The molecule has 0 bridgehead atoms. The molecular formula is C25H26N4O3S3. The summed E-state index contributed by atoms with van der Waals surface area (Å²) < 4.78 is 7.25. The van der Waals surface area contributed by atoms with Crippen molar-refractivity contribution in [1.82, 2.24) is 9.47 Å². The first-order valence-electron chi connectivity index (χ1n) is 11.2. The average Bonchev–Trinajstić information content (AvgIpc) is 3.14. The highest BCUT2D eigenvalue weighted by molar-refractivity contribution is 8.26. The maximum atomic E-state index is 13.3. The van der Waals surface area contributed by atoms with Gasteiger partial charge in [0.1, 0.15) is 27.5 Å². The minimum Gasteiger partial charge on any atom is -0.497 e. The van der Waals surface area contributed by atoms with Crippen LogP contribution in [0.3, 0.4) is 0 Å². The lowest BCUT2D eigenvalue weighted by Gasteiger charge is -2.32. The fourth-order valence-corrected chi connectivity index (χ4v) is 6.42. The highest BCUT2D eigenvalue weighted by Gasteiger charge is 2.33. The summed E-state index contributed by atoms with van der Waals surface area (Å²) in [6.45, 7) is 3.85. The van der Waals surface area contributed by atoms with Crippen molar-refractivity contribution in [3.63, 3.8) is 0 Å². The molecule has 1 aromatic heterocycles. The zero-order valence-corrected chi connectivity index (χ0v) is 22.3. The van der Waals surface area contributed by atoms with Crippen molar-refractivity contribution in [1.29, 1.82) is 5.26 Å². The number of nitriles is 1. The van der Waals surface area contributed by atoms with Crippen LogP contribution in [0.5, 0.6) is 5.75 Å². The number of hydrogen-bond acceptors (Lipinski definition) is 8. The van der Waals surface area contributed by atoms with Gasteiger partial charge in [-0.25, -0.2) is 0 Å². The zero-order chi connectivity index (χ0) is 25.1. The topological polar surface area (TPSA) is 78.6 Å². The molecular weight excluding hydrogens is 501 g/mol. The maximum Gasteiger partial charge on any atom is 0.270 e. The van der Waals surface area contributed by atoms with E-state index in [0.717, 1.165) is 47.3 Å². The number of anilines is 1. The lowest BCUT2D eigenvalue weighted by Crippen LogP contribution is -2.38. The molecule has 2 aromatic rings. The molecule has 0 saturated carbocycles. The highest BCUT2D eigenvalue weighted by atomic mass is 32.2. The van der Waals surface area contributed by atoms with E-state index < -0.39 is 0 Å². The Hall–Kier alpha value is -2.74. The molecule has 182 valence electrons. The van der Waals surface area contributed by atoms with Gasteiger partial charge in [0.05, 0.1) is 12.0 Å². The molecule has 7 nitrogen and oxygen atoms in total. The number of methoxy groups -OCH3 is 1. The van der Waals surface area contributed by atoms with Crippen molar-refractivity contribution < 1.29 is 9.53 Å². The van der Waals surface area contributed by atoms with E-state index >= 15 is 0 Å². The second-order valence-electron chi connectivity index (χ2n) is 8.24. The summed E-state index contributed by atoms with van der Waals surface area (Å²) >= 11 is 8.67. The molecule has 3 heterocycles. The first-order valence-corrected chi connectivity index (χ1v) is 13.6. The highest BCUT2D eigenvalue weighted by Crippen LogP contribution is 2.36. The number of nitrogens with zero attached hydrogens (tertiary/aromatic N) is 4. The Morgan fingerprint density at radius 2 is 1.89 bits per heavy atom. The van der Waals surface area contributed by atoms with Crippen molar-refractivity contribution >= 4 is 57.9 Å². The quantitative estimate of drug-likeness (QED) is 0.418. The third-order valence-electron chi connectivity index (χ3n) is 6.21. The van der Waals surface area contributed by atoms with E-state index in [0.29, 0.717) is 27.8 Å². The SMILES string of the molecule is COc1ccc(CCN2C(=O)/C(=C/c3c(C)c(C#N)c(=O)n(C)c3N3CCSCC3)SC2=S)cc1. The Labute approximate surface area is 218 Å². The van der Waals surface area contributed by atoms with Crippen LogP contribution in [0.15, 0.2) is 34.0 Å². The molecule has 35 heavy (non-hydrogen) atoms. The largest absolute Gasteiger partial charge is 0.497 e. The van der Waals surface area contributed by atoms with E-state index in [9.17, 15) is 14.9 Å². The summed E-state index contributed by atoms with van der Waals surface area (Å²) in [6, 6.07) is 9.81. The van der Waals surface area contributed by atoms with Gasteiger partial charge in [-0.15, -0.1) is 0 Å². The molecule has 1 aromatic carbocycles. The summed E-state index contributed by atoms with van der Waals surface area (Å²) in [5, 5.41) is 9.65. The number of rotatable bonds is 6. The predicted octanol–water partition coefficient (Wildman–Crippen LogP) is 3.57. The van der Waals surface area contributed by atoms with Gasteiger partial charge in [0.25, 0.3) is 11.5 Å². The number of hydrogen-bond donors (Lipinski definition) is 0. The van der Waals surface area contributed by atoms with E-state index in [1.165, 1.54) is 16.3 Å². The summed E-state index contributed by atoms with van der Waals surface area (Å²) in [6.07, 6.45) is 2.47. The van der Waals surface area contributed by atoms with Crippen molar-refractivity contribution in [2.75, 3.05) is 43.1 Å². The van der Waals surface area contributed by atoms with Gasteiger partial charge >= 0.3 is 0 Å². The number of carbonyl (C=O) groups excluding carboxylic acids is 1. The molecule has 1 amide bonds. The Kier molecular flexibility index (Phi) is 7.89. The third-order valence-corrected chi connectivity index (χ3v) is 8.53. The van der Waals surface area contributed by atoms with Gasteiger partial charge in [-0.05, 0) is 42.7 Å². The number of aromatic nitrogens is 1. The number of pyridine rings is 1. The third kappa shape index (κ3) is 5.13. The number of amides is 1. The minimum absolute atomic E-state index is 0.101. The lowest BCUT2D eigenvalue weighted by molar-refractivity contribution is -0.122. The second-order valence-corrected chi connectivity index (χ2v) is 11.1. The Bertz CT molecular complexity index is 1290. The summed E-state index contributed by atoms with van der Waals surface area (Å²) in [4.78, 5) is 30.5. The number of thiocarbonyl (C=S) groups is 1. The summed E-state index contributed by atoms with van der Waals surface area (Å²) in [7, 11) is 3.32. The van der Waals surface area contributed by atoms with Crippen molar-refractivity contribution in [2.24, 2.45) is 7.05 Å². The van der Waals surface area contributed by atoms with E-state index in [4.69, 9.17) is 17.0 Å². The number of benzene rings is 1. The van der Waals surface area contributed by atoms with Crippen LogP contribution in [-0.2, 0) is 18.3 Å². The van der Waals surface area contributed by atoms with E-state index in [2.05, 4.69) is 11.0 Å². The van der Waals surface area contributed by atoms with Crippen LogP contribution in [0, 0.1) is 18.3 Å². The van der Waals surface area contributed by atoms with Gasteiger partial charge in [-0.2, -0.15) is 17.0 Å². The Morgan fingerprint density at radius 1 is 1.20 bits per heavy atom. The molecule has 0 unspecified atom stereocenters. The molecule has 2 fully saturated rings. The van der Waals surface area contributed by atoms with Crippen LogP contribution in [0.2, 0.25) is 0 Å². The van der Waals surface area contributed by atoms with Crippen LogP contribution in [0.4, 0.5) is 5.82 Å². The van der Waals surface area contributed by atoms with Crippen molar-refractivity contribution in [3.8, 4) is 11.8 Å². The molecule has 10 heteroatoms.